The Labute approximate surface area is 98.1 Å². The molecule has 2 saturated carbocycles. The lowest BCUT2D eigenvalue weighted by Gasteiger charge is -2.28. The normalized spacial score (nSPS) is 22.9. The minimum atomic E-state index is -0.150. The van der Waals surface area contributed by atoms with E-state index in [0.29, 0.717) is 0 Å². The molecule has 0 bridgehead atoms. The van der Waals surface area contributed by atoms with Crippen LogP contribution < -0.4 is 0 Å². The van der Waals surface area contributed by atoms with Crippen LogP contribution in [0.25, 0.3) is 0 Å². The van der Waals surface area contributed by atoms with Gasteiger partial charge in [0.15, 0.2) is 0 Å². The Hall–Kier alpha value is -0.570. The standard InChI is InChI=1S/C13H23NO2/c1-14(9-6-11-4-3-5-11)10-13(7-8-13)12(15)16-2/h11H,3-10H2,1-2H3. The van der Waals surface area contributed by atoms with E-state index in [4.69, 9.17) is 4.74 Å². The van der Waals surface area contributed by atoms with Gasteiger partial charge in [0.25, 0.3) is 0 Å². The molecule has 0 aromatic carbocycles. The topological polar surface area (TPSA) is 29.5 Å². The minimum Gasteiger partial charge on any atom is -0.469 e. The van der Waals surface area contributed by atoms with Crippen LogP contribution in [0, 0.1) is 11.3 Å². The predicted molar refractivity (Wildman–Crippen MR) is 63.1 cm³/mol. The van der Waals surface area contributed by atoms with Crippen molar-refractivity contribution in [1.29, 1.82) is 0 Å². The molecule has 0 aromatic heterocycles. The molecule has 16 heavy (non-hydrogen) atoms. The maximum atomic E-state index is 11.6. The van der Waals surface area contributed by atoms with E-state index < -0.39 is 0 Å². The van der Waals surface area contributed by atoms with Crippen LogP contribution in [0.5, 0.6) is 0 Å². The van der Waals surface area contributed by atoms with E-state index in [2.05, 4.69) is 11.9 Å². The summed E-state index contributed by atoms with van der Waals surface area (Å²) in [5.41, 5.74) is -0.150. The Bertz CT molecular complexity index is 257. The zero-order chi connectivity index (χ0) is 11.6. The van der Waals surface area contributed by atoms with Crippen LogP contribution in [0.4, 0.5) is 0 Å². The number of ether oxygens (including phenoxy) is 1. The van der Waals surface area contributed by atoms with E-state index in [1.165, 1.54) is 32.8 Å². The van der Waals surface area contributed by atoms with Crippen molar-refractivity contribution < 1.29 is 9.53 Å². The van der Waals surface area contributed by atoms with Crippen molar-refractivity contribution in [3.8, 4) is 0 Å². The first-order valence-electron chi connectivity index (χ1n) is 6.43. The maximum Gasteiger partial charge on any atom is 0.313 e. The highest BCUT2D eigenvalue weighted by molar-refractivity contribution is 5.80. The molecule has 2 aliphatic rings. The van der Waals surface area contributed by atoms with Gasteiger partial charge in [-0.3, -0.25) is 4.79 Å². The van der Waals surface area contributed by atoms with Crippen molar-refractivity contribution in [2.75, 3.05) is 27.2 Å². The second-order valence-corrected chi connectivity index (χ2v) is 5.60. The fraction of sp³-hybridized carbons (Fsp3) is 0.923. The molecule has 0 aliphatic heterocycles. The third kappa shape index (κ3) is 2.57. The van der Waals surface area contributed by atoms with Gasteiger partial charge in [-0.15, -0.1) is 0 Å². The quantitative estimate of drug-likeness (QED) is 0.648. The lowest BCUT2D eigenvalue weighted by molar-refractivity contribution is -0.147. The molecule has 0 N–H and O–H groups in total. The number of hydrogen-bond acceptors (Lipinski definition) is 3. The summed E-state index contributed by atoms with van der Waals surface area (Å²) in [6.07, 6.45) is 7.56. The minimum absolute atomic E-state index is 0.0111. The Morgan fingerprint density at radius 2 is 2.12 bits per heavy atom. The van der Waals surface area contributed by atoms with Crippen LogP contribution in [0.15, 0.2) is 0 Å². The number of carbonyl (C=O) groups excluding carboxylic acids is 1. The molecule has 0 heterocycles. The van der Waals surface area contributed by atoms with Gasteiger partial charge in [-0.25, -0.2) is 0 Å². The summed E-state index contributed by atoms with van der Waals surface area (Å²) in [7, 11) is 3.62. The fourth-order valence-electron chi connectivity index (χ4n) is 2.57. The molecule has 0 radical (unpaired) electrons. The molecule has 2 aliphatic carbocycles. The second kappa shape index (κ2) is 4.74. The highest BCUT2D eigenvalue weighted by Gasteiger charge is 2.51. The molecule has 2 fully saturated rings. The summed E-state index contributed by atoms with van der Waals surface area (Å²) < 4.78 is 4.87. The summed E-state index contributed by atoms with van der Waals surface area (Å²) in [6, 6.07) is 0. The van der Waals surface area contributed by atoms with E-state index in [0.717, 1.165) is 31.8 Å². The molecule has 3 nitrogen and oxygen atoms in total. The summed E-state index contributed by atoms with van der Waals surface area (Å²) in [5.74, 6) is 0.943. The summed E-state index contributed by atoms with van der Waals surface area (Å²) in [4.78, 5) is 13.9. The van der Waals surface area contributed by atoms with Crippen molar-refractivity contribution in [2.24, 2.45) is 11.3 Å². The molecular formula is C13H23NO2. The monoisotopic (exact) mass is 225 g/mol. The van der Waals surface area contributed by atoms with Gasteiger partial charge < -0.3 is 9.64 Å². The van der Waals surface area contributed by atoms with E-state index in [1.807, 2.05) is 0 Å². The number of hydrogen-bond donors (Lipinski definition) is 0. The second-order valence-electron chi connectivity index (χ2n) is 5.60. The summed E-state index contributed by atoms with van der Waals surface area (Å²) >= 11 is 0. The Morgan fingerprint density at radius 1 is 1.44 bits per heavy atom. The first-order valence-corrected chi connectivity index (χ1v) is 6.43. The summed E-state index contributed by atoms with van der Waals surface area (Å²) in [5, 5.41) is 0. The van der Waals surface area contributed by atoms with Gasteiger partial charge in [0.1, 0.15) is 0 Å². The van der Waals surface area contributed by atoms with Gasteiger partial charge in [-0.05, 0) is 38.8 Å². The first-order chi connectivity index (χ1) is 7.66. The Morgan fingerprint density at radius 3 is 2.56 bits per heavy atom. The molecule has 92 valence electrons. The average molecular weight is 225 g/mol. The Kier molecular flexibility index (Phi) is 3.53. The van der Waals surface area contributed by atoms with Crippen LogP contribution in [0.3, 0.4) is 0 Å². The van der Waals surface area contributed by atoms with E-state index >= 15 is 0 Å². The number of rotatable bonds is 6. The van der Waals surface area contributed by atoms with Crippen LogP contribution in [0.1, 0.15) is 38.5 Å². The van der Waals surface area contributed by atoms with E-state index in [1.54, 1.807) is 0 Å². The van der Waals surface area contributed by atoms with Crippen molar-refractivity contribution in [2.45, 2.75) is 38.5 Å². The van der Waals surface area contributed by atoms with Crippen molar-refractivity contribution in [3.63, 3.8) is 0 Å². The molecule has 0 spiro atoms. The zero-order valence-corrected chi connectivity index (χ0v) is 10.5. The van der Waals surface area contributed by atoms with Crippen LogP contribution >= 0.6 is 0 Å². The van der Waals surface area contributed by atoms with Gasteiger partial charge in [0, 0.05) is 6.54 Å². The number of methoxy groups -OCH3 is 1. The predicted octanol–water partition coefficient (Wildman–Crippen LogP) is 2.06. The fourth-order valence-corrected chi connectivity index (χ4v) is 2.57. The molecule has 0 unspecified atom stereocenters. The molecule has 3 heteroatoms. The maximum absolute atomic E-state index is 11.6. The van der Waals surface area contributed by atoms with Crippen molar-refractivity contribution in [1.82, 2.24) is 4.90 Å². The number of esters is 1. The van der Waals surface area contributed by atoms with Gasteiger partial charge >= 0.3 is 5.97 Å². The number of carbonyl (C=O) groups is 1. The van der Waals surface area contributed by atoms with Gasteiger partial charge in [0.05, 0.1) is 12.5 Å². The third-order valence-electron chi connectivity index (χ3n) is 4.19. The van der Waals surface area contributed by atoms with Crippen molar-refractivity contribution >= 4 is 5.97 Å². The molecule has 0 atom stereocenters. The molecule has 0 saturated heterocycles. The Balaban J connectivity index is 1.69. The average Bonchev–Trinajstić information content (AvgIpc) is 2.95. The van der Waals surface area contributed by atoms with Crippen LogP contribution in [-0.4, -0.2) is 38.1 Å². The highest BCUT2D eigenvalue weighted by atomic mass is 16.5. The highest BCUT2D eigenvalue weighted by Crippen LogP contribution is 2.47. The van der Waals surface area contributed by atoms with Crippen LogP contribution in [-0.2, 0) is 9.53 Å². The molecule has 0 aromatic rings. The van der Waals surface area contributed by atoms with Crippen LogP contribution in [0.2, 0.25) is 0 Å². The lowest BCUT2D eigenvalue weighted by atomic mass is 9.83. The van der Waals surface area contributed by atoms with E-state index in [9.17, 15) is 4.79 Å². The molecular weight excluding hydrogens is 202 g/mol. The van der Waals surface area contributed by atoms with Gasteiger partial charge in [0.2, 0.25) is 0 Å². The van der Waals surface area contributed by atoms with Gasteiger partial charge in [-0.2, -0.15) is 0 Å². The number of nitrogens with zero attached hydrogens (tertiary/aromatic N) is 1. The largest absolute Gasteiger partial charge is 0.469 e. The SMILES string of the molecule is COC(=O)C1(CN(C)CCC2CCC2)CC1. The summed E-state index contributed by atoms with van der Waals surface area (Å²) in [6.45, 7) is 2.01. The van der Waals surface area contributed by atoms with Gasteiger partial charge in [-0.1, -0.05) is 19.3 Å². The first kappa shape index (κ1) is 11.9. The van der Waals surface area contributed by atoms with E-state index in [-0.39, 0.29) is 11.4 Å². The smallest absolute Gasteiger partial charge is 0.313 e. The lowest BCUT2D eigenvalue weighted by Crippen LogP contribution is -2.34. The zero-order valence-electron chi connectivity index (χ0n) is 10.5. The molecule has 2 rings (SSSR count). The molecule has 0 amide bonds. The third-order valence-corrected chi connectivity index (χ3v) is 4.19. The van der Waals surface area contributed by atoms with Crippen molar-refractivity contribution in [3.05, 3.63) is 0 Å².